The van der Waals surface area contributed by atoms with Gasteiger partial charge in [0.2, 0.25) is 0 Å². The van der Waals surface area contributed by atoms with Crippen molar-refractivity contribution in [2.24, 2.45) is 11.8 Å². The summed E-state index contributed by atoms with van der Waals surface area (Å²) in [5.41, 5.74) is -0.0221. The van der Waals surface area contributed by atoms with Crippen LogP contribution in [-0.2, 0) is 14.3 Å². The Morgan fingerprint density at radius 3 is 2.44 bits per heavy atom. The van der Waals surface area contributed by atoms with Crippen molar-refractivity contribution < 1.29 is 14.3 Å². The molecule has 2 aliphatic heterocycles. The molecule has 0 amide bonds. The van der Waals surface area contributed by atoms with Crippen LogP contribution in [0.15, 0.2) is 0 Å². The Balaban J connectivity index is 1.66. The maximum absolute atomic E-state index is 12.1. The molecule has 1 aliphatic carbocycles. The molecular weight excluding hydrogens is 204 g/mol. The zero-order valence-electron chi connectivity index (χ0n) is 9.74. The molecule has 1 spiro atoms. The summed E-state index contributed by atoms with van der Waals surface area (Å²) in [4.78, 5) is 12.1. The highest BCUT2D eigenvalue weighted by Gasteiger charge is 2.44. The Morgan fingerprint density at radius 1 is 1.00 bits per heavy atom. The Labute approximate surface area is 96.5 Å². The zero-order valence-corrected chi connectivity index (χ0v) is 9.74. The van der Waals surface area contributed by atoms with Crippen molar-refractivity contribution in [2.75, 3.05) is 19.8 Å². The maximum atomic E-state index is 12.1. The molecule has 2 heterocycles. The van der Waals surface area contributed by atoms with Gasteiger partial charge in [-0.2, -0.15) is 0 Å². The van der Waals surface area contributed by atoms with Gasteiger partial charge in [0.05, 0.1) is 5.60 Å². The highest BCUT2D eigenvalue weighted by Crippen LogP contribution is 2.41. The van der Waals surface area contributed by atoms with Gasteiger partial charge in [0.15, 0.2) is 0 Å². The number of carbonyl (C=O) groups is 1. The molecule has 0 bridgehead atoms. The fraction of sp³-hybridized carbons (Fsp3) is 0.923. The Kier molecular flexibility index (Phi) is 2.76. The van der Waals surface area contributed by atoms with Crippen molar-refractivity contribution in [1.29, 1.82) is 0 Å². The average Bonchev–Trinajstić information content (AvgIpc) is 3.13. The molecule has 90 valence electrons. The van der Waals surface area contributed by atoms with Crippen molar-refractivity contribution in [3.05, 3.63) is 0 Å². The van der Waals surface area contributed by atoms with Crippen LogP contribution >= 0.6 is 0 Å². The van der Waals surface area contributed by atoms with Gasteiger partial charge in [0.25, 0.3) is 0 Å². The molecule has 1 saturated carbocycles. The van der Waals surface area contributed by atoms with Crippen molar-refractivity contribution in [3.63, 3.8) is 0 Å². The average molecular weight is 224 g/mol. The summed E-state index contributed by atoms with van der Waals surface area (Å²) in [7, 11) is 0. The summed E-state index contributed by atoms with van der Waals surface area (Å²) in [5, 5.41) is 0. The lowest BCUT2D eigenvalue weighted by molar-refractivity contribution is -0.157. The number of hydrogen-bond donors (Lipinski definition) is 0. The summed E-state index contributed by atoms with van der Waals surface area (Å²) < 4.78 is 11.3. The molecule has 16 heavy (non-hydrogen) atoms. The molecule has 3 nitrogen and oxygen atoms in total. The predicted octanol–water partition coefficient (Wildman–Crippen LogP) is 1.94. The van der Waals surface area contributed by atoms with Crippen LogP contribution in [-0.4, -0.2) is 31.2 Å². The summed E-state index contributed by atoms with van der Waals surface area (Å²) in [6.45, 7) is 2.36. The van der Waals surface area contributed by atoms with Gasteiger partial charge in [-0.1, -0.05) is 0 Å². The van der Waals surface area contributed by atoms with Crippen LogP contribution in [0.2, 0.25) is 0 Å². The number of hydrogen-bond acceptors (Lipinski definition) is 3. The van der Waals surface area contributed by atoms with Gasteiger partial charge < -0.3 is 9.47 Å². The van der Waals surface area contributed by atoms with Gasteiger partial charge in [-0.25, -0.2) is 0 Å². The number of ketones is 1. The molecule has 0 N–H and O–H groups in total. The van der Waals surface area contributed by atoms with Gasteiger partial charge in [-0.05, 0) is 38.5 Å². The molecule has 0 aromatic rings. The van der Waals surface area contributed by atoms with E-state index in [0.29, 0.717) is 11.7 Å². The zero-order chi connectivity index (χ0) is 11.0. The predicted molar refractivity (Wildman–Crippen MR) is 59.2 cm³/mol. The van der Waals surface area contributed by atoms with Crippen LogP contribution in [0.5, 0.6) is 0 Å². The second kappa shape index (κ2) is 4.11. The molecule has 3 fully saturated rings. The first kappa shape index (κ1) is 10.7. The molecule has 3 aliphatic rings. The largest absolute Gasteiger partial charge is 0.381 e. The molecule has 0 aromatic carbocycles. The first-order valence-electron chi connectivity index (χ1n) is 6.55. The minimum absolute atomic E-state index is 0.0221. The number of carbonyl (C=O) groups excluding carboxylic acids is 1. The second-order valence-corrected chi connectivity index (χ2v) is 5.51. The van der Waals surface area contributed by atoms with E-state index in [9.17, 15) is 4.79 Å². The van der Waals surface area contributed by atoms with E-state index in [-0.39, 0.29) is 11.5 Å². The van der Waals surface area contributed by atoms with Crippen LogP contribution < -0.4 is 0 Å². The van der Waals surface area contributed by atoms with E-state index in [1.807, 2.05) is 0 Å². The molecule has 0 aromatic heterocycles. The van der Waals surface area contributed by atoms with E-state index in [2.05, 4.69) is 0 Å². The summed E-state index contributed by atoms with van der Waals surface area (Å²) in [5.74, 6) is 1.20. The van der Waals surface area contributed by atoms with Crippen molar-refractivity contribution in [2.45, 2.75) is 44.1 Å². The lowest BCUT2D eigenvalue weighted by Crippen LogP contribution is -2.46. The number of ether oxygens (including phenoxy) is 2. The molecule has 1 atom stereocenters. The van der Waals surface area contributed by atoms with Crippen LogP contribution in [0.4, 0.5) is 0 Å². The molecule has 0 radical (unpaired) electrons. The minimum Gasteiger partial charge on any atom is -0.381 e. The smallest absolute Gasteiger partial charge is 0.139 e. The molecule has 3 heteroatoms. The fourth-order valence-electron chi connectivity index (χ4n) is 3.06. The first-order chi connectivity index (χ1) is 7.79. The van der Waals surface area contributed by atoms with Gasteiger partial charge >= 0.3 is 0 Å². The van der Waals surface area contributed by atoms with E-state index in [4.69, 9.17) is 9.47 Å². The molecular formula is C13H20O3. The fourth-order valence-corrected chi connectivity index (χ4v) is 3.06. The van der Waals surface area contributed by atoms with Crippen LogP contribution in [0.25, 0.3) is 0 Å². The quantitative estimate of drug-likeness (QED) is 0.719. The monoisotopic (exact) mass is 224 g/mol. The third kappa shape index (κ3) is 2.03. The summed E-state index contributed by atoms with van der Waals surface area (Å²) in [6.07, 6.45) is 6.10. The van der Waals surface area contributed by atoms with Crippen LogP contribution in [0, 0.1) is 11.8 Å². The lowest BCUT2D eigenvalue weighted by atomic mass is 9.78. The molecule has 2 saturated heterocycles. The van der Waals surface area contributed by atoms with Crippen LogP contribution in [0.3, 0.4) is 0 Å². The Morgan fingerprint density at radius 2 is 1.75 bits per heavy atom. The summed E-state index contributed by atoms with van der Waals surface area (Å²) in [6, 6.07) is 0. The van der Waals surface area contributed by atoms with E-state index in [1.54, 1.807) is 0 Å². The van der Waals surface area contributed by atoms with Crippen molar-refractivity contribution in [3.8, 4) is 0 Å². The standard InChI is InChI=1S/C13H20O3/c14-12(10-1-2-10)11-3-6-16-13(9-11)4-7-15-8-5-13/h10-11H,1-9H2. The highest BCUT2D eigenvalue weighted by molar-refractivity contribution is 5.85. The normalized spacial score (nSPS) is 33.9. The van der Waals surface area contributed by atoms with Gasteiger partial charge in [0.1, 0.15) is 5.78 Å². The third-order valence-electron chi connectivity index (χ3n) is 4.28. The second-order valence-electron chi connectivity index (χ2n) is 5.51. The highest BCUT2D eigenvalue weighted by atomic mass is 16.5. The van der Waals surface area contributed by atoms with E-state index in [0.717, 1.165) is 58.3 Å². The van der Waals surface area contributed by atoms with Crippen LogP contribution in [0.1, 0.15) is 38.5 Å². The molecule has 1 unspecified atom stereocenters. The lowest BCUT2D eigenvalue weighted by Gasteiger charge is -2.43. The van der Waals surface area contributed by atoms with E-state index >= 15 is 0 Å². The Bertz CT molecular complexity index is 271. The van der Waals surface area contributed by atoms with Gasteiger partial charge in [-0.15, -0.1) is 0 Å². The summed E-state index contributed by atoms with van der Waals surface area (Å²) >= 11 is 0. The first-order valence-corrected chi connectivity index (χ1v) is 6.55. The van der Waals surface area contributed by atoms with Crippen molar-refractivity contribution >= 4 is 5.78 Å². The molecule has 3 rings (SSSR count). The van der Waals surface area contributed by atoms with Crippen molar-refractivity contribution in [1.82, 2.24) is 0 Å². The van der Waals surface area contributed by atoms with Gasteiger partial charge in [0, 0.05) is 31.7 Å². The number of rotatable bonds is 2. The third-order valence-corrected chi connectivity index (χ3v) is 4.28. The van der Waals surface area contributed by atoms with Gasteiger partial charge in [-0.3, -0.25) is 4.79 Å². The number of Topliss-reactive ketones (excluding diaryl/α,β-unsaturated/α-hetero) is 1. The van der Waals surface area contributed by atoms with E-state index < -0.39 is 0 Å². The topological polar surface area (TPSA) is 35.5 Å². The minimum atomic E-state index is -0.0221. The SMILES string of the molecule is O=C(C1CC1)C1CCOC2(CCOCC2)C1. The van der Waals surface area contributed by atoms with E-state index in [1.165, 1.54) is 0 Å². The Hall–Kier alpha value is -0.410. The maximum Gasteiger partial charge on any atom is 0.139 e.